The van der Waals surface area contributed by atoms with Crippen LogP contribution in [-0.2, 0) is 9.05 Å². The first-order valence-electron chi connectivity index (χ1n) is 3.73. The summed E-state index contributed by atoms with van der Waals surface area (Å²) in [5.74, 6) is 0. The van der Waals surface area contributed by atoms with Gasteiger partial charge in [-0.25, -0.2) is 8.42 Å². The number of carbonyl (C=O) groups excluding carboxylic acids is 1. The molecule has 74 valence electrons. The highest BCUT2D eigenvalue weighted by molar-refractivity contribution is 8.29. The molecule has 1 heterocycles. The van der Waals surface area contributed by atoms with E-state index in [1.807, 2.05) is 0 Å². The van der Waals surface area contributed by atoms with Gasteiger partial charge in [0.2, 0.25) is 14.2 Å². The minimum atomic E-state index is -3.73. The summed E-state index contributed by atoms with van der Waals surface area (Å²) in [7, 11) is 1.50. The van der Waals surface area contributed by atoms with Crippen LogP contribution in [-0.4, -0.2) is 13.5 Å². The number of fused-ring (bicyclic) bond motifs is 1. The zero-order chi connectivity index (χ0) is 10.3. The number of hydrogen-bond acceptors (Lipinski definition) is 4. The SMILES string of the molecule is O=C1SC(S(=O)(=O)Cl)c2ccccc21. The van der Waals surface area contributed by atoms with E-state index in [4.69, 9.17) is 10.7 Å². The number of rotatable bonds is 1. The maximum absolute atomic E-state index is 11.4. The van der Waals surface area contributed by atoms with Gasteiger partial charge in [0.25, 0.3) is 0 Å². The predicted octanol–water partition coefficient (Wildman–Crippen LogP) is 2.14. The van der Waals surface area contributed by atoms with Gasteiger partial charge < -0.3 is 0 Å². The number of thioether (sulfide) groups is 1. The molecule has 0 saturated heterocycles. The van der Waals surface area contributed by atoms with Crippen LogP contribution in [0.15, 0.2) is 24.3 Å². The molecule has 6 heteroatoms. The van der Waals surface area contributed by atoms with Crippen LogP contribution in [0.2, 0.25) is 0 Å². The van der Waals surface area contributed by atoms with E-state index in [-0.39, 0.29) is 5.12 Å². The van der Waals surface area contributed by atoms with E-state index in [0.717, 1.165) is 11.8 Å². The summed E-state index contributed by atoms with van der Waals surface area (Å²) in [5, 5.41) is -0.241. The molecule has 1 unspecified atom stereocenters. The fraction of sp³-hybridized carbons (Fsp3) is 0.125. The maximum atomic E-state index is 11.4. The summed E-state index contributed by atoms with van der Waals surface area (Å²) >= 11 is 0.742. The molecule has 1 aromatic carbocycles. The van der Waals surface area contributed by atoms with E-state index in [0.29, 0.717) is 11.1 Å². The molecule has 1 atom stereocenters. The highest BCUT2D eigenvalue weighted by atomic mass is 35.7. The maximum Gasteiger partial charge on any atom is 0.249 e. The standard InChI is InChI=1S/C8H5ClO3S2/c9-14(11,12)8-6-4-2-1-3-5(6)7(10)13-8/h1-4,8H. The molecule has 0 amide bonds. The smallest absolute Gasteiger partial charge is 0.249 e. The van der Waals surface area contributed by atoms with Gasteiger partial charge in [-0.2, -0.15) is 0 Å². The average molecular weight is 249 g/mol. The Hall–Kier alpha value is -0.520. The quantitative estimate of drug-likeness (QED) is 0.715. The van der Waals surface area contributed by atoms with Crippen molar-refractivity contribution in [2.45, 2.75) is 4.58 Å². The highest BCUT2D eigenvalue weighted by Crippen LogP contribution is 2.46. The van der Waals surface area contributed by atoms with Gasteiger partial charge in [-0.05, 0) is 5.56 Å². The zero-order valence-electron chi connectivity index (χ0n) is 6.81. The Balaban J connectivity index is 2.61. The highest BCUT2D eigenvalue weighted by Gasteiger charge is 2.37. The van der Waals surface area contributed by atoms with Crippen molar-refractivity contribution in [3.8, 4) is 0 Å². The number of halogens is 1. The molecule has 0 spiro atoms. The molecule has 0 N–H and O–H groups in total. The monoisotopic (exact) mass is 248 g/mol. The van der Waals surface area contributed by atoms with Crippen LogP contribution < -0.4 is 0 Å². The lowest BCUT2D eigenvalue weighted by molar-refractivity contribution is 0.109. The van der Waals surface area contributed by atoms with Crippen LogP contribution in [0.3, 0.4) is 0 Å². The molecule has 0 aromatic heterocycles. The fourth-order valence-electron chi connectivity index (χ4n) is 1.32. The Kier molecular flexibility index (Phi) is 2.33. The second-order valence-corrected chi connectivity index (χ2v) is 6.89. The lowest BCUT2D eigenvalue weighted by Crippen LogP contribution is -1.99. The Morgan fingerprint density at radius 2 is 1.93 bits per heavy atom. The van der Waals surface area contributed by atoms with E-state index >= 15 is 0 Å². The summed E-state index contributed by atoms with van der Waals surface area (Å²) in [5.41, 5.74) is 0.921. The van der Waals surface area contributed by atoms with Crippen molar-refractivity contribution in [3.05, 3.63) is 35.4 Å². The lowest BCUT2D eigenvalue weighted by Gasteiger charge is -2.03. The van der Waals surface area contributed by atoms with Crippen molar-refractivity contribution in [3.63, 3.8) is 0 Å². The van der Waals surface area contributed by atoms with Crippen molar-refractivity contribution in [1.29, 1.82) is 0 Å². The largest absolute Gasteiger partial charge is 0.282 e. The summed E-state index contributed by atoms with van der Waals surface area (Å²) in [6, 6.07) is 6.60. The molecule has 0 bridgehead atoms. The van der Waals surface area contributed by atoms with Crippen LogP contribution in [0.4, 0.5) is 0 Å². The van der Waals surface area contributed by atoms with E-state index in [1.54, 1.807) is 24.3 Å². The van der Waals surface area contributed by atoms with E-state index in [1.165, 1.54) is 0 Å². The molecule has 0 radical (unpaired) electrons. The average Bonchev–Trinajstić information content (AvgIpc) is 2.44. The van der Waals surface area contributed by atoms with Crippen LogP contribution in [0.5, 0.6) is 0 Å². The molecule has 3 nitrogen and oxygen atoms in total. The van der Waals surface area contributed by atoms with Gasteiger partial charge in [0.05, 0.1) is 0 Å². The first kappa shape index (κ1) is 10.0. The third-order valence-corrected chi connectivity index (χ3v) is 5.47. The summed E-state index contributed by atoms with van der Waals surface area (Å²) < 4.78 is 21.3. The van der Waals surface area contributed by atoms with Crippen molar-refractivity contribution in [1.82, 2.24) is 0 Å². The molecular formula is C8H5ClO3S2. The van der Waals surface area contributed by atoms with Gasteiger partial charge in [0.15, 0.2) is 4.58 Å². The Morgan fingerprint density at radius 1 is 1.29 bits per heavy atom. The molecule has 0 aliphatic carbocycles. The van der Waals surface area contributed by atoms with Crippen molar-refractivity contribution < 1.29 is 13.2 Å². The van der Waals surface area contributed by atoms with Crippen molar-refractivity contribution in [2.24, 2.45) is 0 Å². The van der Waals surface area contributed by atoms with E-state index in [2.05, 4.69) is 0 Å². The molecule has 1 aliphatic rings. The zero-order valence-corrected chi connectivity index (χ0v) is 9.19. The first-order valence-corrected chi connectivity index (χ1v) is 6.99. The number of carbonyl (C=O) groups is 1. The summed E-state index contributed by atoms with van der Waals surface area (Å²) in [6.45, 7) is 0. The molecule has 1 aromatic rings. The van der Waals surface area contributed by atoms with E-state index < -0.39 is 13.6 Å². The third-order valence-electron chi connectivity index (χ3n) is 1.90. The van der Waals surface area contributed by atoms with Gasteiger partial charge in [-0.1, -0.05) is 36.0 Å². The topological polar surface area (TPSA) is 51.2 Å². The minimum absolute atomic E-state index is 0.241. The fourth-order valence-corrected chi connectivity index (χ4v) is 4.01. The van der Waals surface area contributed by atoms with Gasteiger partial charge >= 0.3 is 0 Å². The second-order valence-electron chi connectivity index (χ2n) is 2.80. The van der Waals surface area contributed by atoms with Gasteiger partial charge in [-0.3, -0.25) is 4.79 Å². The number of benzene rings is 1. The molecule has 0 fully saturated rings. The van der Waals surface area contributed by atoms with Gasteiger partial charge in [-0.15, -0.1) is 0 Å². The Labute approximate surface area is 89.9 Å². The Morgan fingerprint density at radius 3 is 2.57 bits per heavy atom. The normalized spacial score (nSPS) is 20.9. The molecule has 0 saturated carbocycles. The van der Waals surface area contributed by atoms with Crippen molar-refractivity contribution in [2.75, 3.05) is 0 Å². The Bertz CT molecular complexity index is 495. The van der Waals surface area contributed by atoms with Crippen molar-refractivity contribution >= 4 is 36.6 Å². The van der Waals surface area contributed by atoms with Crippen LogP contribution in [0.25, 0.3) is 0 Å². The van der Waals surface area contributed by atoms with Gasteiger partial charge in [0, 0.05) is 16.2 Å². The summed E-state index contributed by atoms with van der Waals surface area (Å²) in [4.78, 5) is 11.4. The molecule has 14 heavy (non-hydrogen) atoms. The minimum Gasteiger partial charge on any atom is -0.282 e. The van der Waals surface area contributed by atoms with E-state index in [9.17, 15) is 13.2 Å². The molecule has 2 rings (SSSR count). The molecular weight excluding hydrogens is 244 g/mol. The van der Waals surface area contributed by atoms with Crippen LogP contribution in [0.1, 0.15) is 20.5 Å². The number of hydrogen-bond donors (Lipinski definition) is 0. The first-order chi connectivity index (χ1) is 6.50. The lowest BCUT2D eigenvalue weighted by atomic mass is 10.1. The second kappa shape index (κ2) is 3.25. The predicted molar refractivity (Wildman–Crippen MR) is 55.9 cm³/mol. The molecule has 1 aliphatic heterocycles. The van der Waals surface area contributed by atoms with Crippen LogP contribution in [0, 0.1) is 0 Å². The van der Waals surface area contributed by atoms with Crippen LogP contribution >= 0.6 is 22.4 Å². The third kappa shape index (κ3) is 1.55. The van der Waals surface area contributed by atoms with Gasteiger partial charge in [0.1, 0.15) is 0 Å². The summed E-state index contributed by atoms with van der Waals surface area (Å²) in [6.07, 6.45) is 0.